The quantitative estimate of drug-likeness (QED) is 0.847. The van der Waals surface area contributed by atoms with Crippen LogP contribution in [-0.2, 0) is 6.42 Å². The van der Waals surface area contributed by atoms with Gasteiger partial charge in [0, 0.05) is 12.5 Å². The Labute approximate surface area is 124 Å². The van der Waals surface area contributed by atoms with E-state index in [1.165, 1.54) is 25.7 Å². The predicted molar refractivity (Wildman–Crippen MR) is 84.8 cm³/mol. The molecule has 1 atom stereocenters. The van der Waals surface area contributed by atoms with Crippen molar-refractivity contribution >= 4 is 0 Å². The average molecular weight is 277 g/mol. The summed E-state index contributed by atoms with van der Waals surface area (Å²) < 4.78 is 5.54. The van der Waals surface area contributed by atoms with Gasteiger partial charge >= 0.3 is 0 Å². The van der Waals surface area contributed by atoms with Gasteiger partial charge in [-0.15, -0.1) is 0 Å². The molecule has 0 aliphatic heterocycles. The maximum absolute atomic E-state index is 5.54. The Kier molecular flexibility index (Phi) is 5.31. The molecule has 0 saturated heterocycles. The zero-order chi connectivity index (χ0) is 14.6. The summed E-state index contributed by atoms with van der Waals surface area (Å²) in [6.07, 6.45) is 8.31. The van der Waals surface area contributed by atoms with Gasteiger partial charge in [-0.05, 0) is 61.6 Å². The van der Waals surface area contributed by atoms with Gasteiger partial charge in [-0.25, -0.2) is 0 Å². The molecule has 20 heavy (non-hydrogen) atoms. The highest BCUT2D eigenvalue weighted by Crippen LogP contribution is 2.41. The fourth-order valence-electron chi connectivity index (χ4n) is 3.70. The lowest BCUT2D eigenvalue weighted by Crippen LogP contribution is -2.40. The van der Waals surface area contributed by atoms with Crippen LogP contribution < -0.4 is 5.32 Å². The van der Waals surface area contributed by atoms with Gasteiger partial charge in [-0.1, -0.05) is 27.7 Å². The SMILES string of the molecule is CCNC(Cc1ccco1)C1CCC(C(C)(C)C)CC1. The lowest BCUT2D eigenvalue weighted by molar-refractivity contribution is 0.131. The topological polar surface area (TPSA) is 25.2 Å². The van der Waals surface area contributed by atoms with Crippen molar-refractivity contribution in [2.75, 3.05) is 6.54 Å². The smallest absolute Gasteiger partial charge is 0.105 e. The van der Waals surface area contributed by atoms with Gasteiger partial charge in [0.2, 0.25) is 0 Å². The van der Waals surface area contributed by atoms with E-state index in [2.05, 4.69) is 39.1 Å². The molecule has 0 spiro atoms. The third-order valence-electron chi connectivity index (χ3n) is 5.03. The van der Waals surface area contributed by atoms with Crippen LogP contribution in [0, 0.1) is 17.3 Å². The van der Waals surface area contributed by atoms with Crippen LogP contribution in [0.3, 0.4) is 0 Å². The Morgan fingerprint density at radius 2 is 1.95 bits per heavy atom. The lowest BCUT2D eigenvalue weighted by Gasteiger charge is -2.39. The maximum atomic E-state index is 5.54. The molecule has 1 fully saturated rings. The van der Waals surface area contributed by atoms with Crippen LogP contribution in [0.2, 0.25) is 0 Å². The number of hydrogen-bond acceptors (Lipinski definition) is 2. The first-order chi connectivity index (χ1) is 9.50. The molecule has 1 heterocycles. The molecule has 1 N–H and O–H groups in total. The molecule has 0 bridgehead atoms. The van der Waals surface area contributed by atoms with E-state index < -0.39 is 0 Å². The summed E-state index contributed by atoms with van der Waals surface area (Å²) >= 11 is 0. The maximum Gasteiger partial charge on any atom is 0.105 e. The van der Waals surface area contributed by atoms with E-state index in [-0.39, 0.29) is 0 Å². The minimum Gasteiger partial charge on any atom is -0.469 e. The summed E-state index contributed by atoms with van der Waals surface area (Å²) in [7, 11) is 0. The molecule has 1 aliphatic rings. The highest BCUT2D eigenvalue weighted by atomic mass is 16.3. The Morgan fingerprint density at radius 3 is 2.45 bits per heavy atom. The van der Waals surface area contributed by atoms with Crippen LogP contribution in [0.25, 0.3) is 0 Å². The number of likely N-dealkylation sites (N-methyl/N-ethyl adjacent to an activating group) is 1. The van der Waals surface area contributed by atoms with Crippen LogP contribution in [0.15, 0.2) is 22.8 Å². The largest absolute Gasteiger partial charge is 0.469 e. The second kappa shape index (κ2) is 6.80. The minimum absolute atomic E-state index is 0.472. The first-order valence-electron chi connectivity index (χ1n) is 8.26. The van der Waals surface area contributed by atoms with Crippen LogP contribution in [-0.4, -0.2) is 12.6 Å². The van der Waals surface area contributed by atoms with Crippen LogP contribution >= 0.6 is 0 Å². The summed E-state index contributed by atoms with van der Waals surface area (Å²) in [6, 6.07) is 4.67. The van der Waals surface area contributed by atoms with E-state index in [0.29, 0.717) is 11.5 Å². The Balaban J connectivity index is 1.91. The zero-order valence-corrected chi connectivity index (χ0v) is 13.6. The van der Waals surface area contributed by atoms with E-state index in [4.69, 9.17) is 4.42 Å². The Hall–Kier alpha value is -0.760. The van der Waals surface area contributed by atoms with Gasteiger partial charge in [0.1, 0.15) is 5.76 Å². The van der Waals surface area contributed by atoms with Gasteiger partial charge in [-0.3, -0.25) is 0 Å². The summed E-state index contributed by atoms with van der Waals surface area (Å²) in [5.74, 6) is 2.82. The molecule has 1 aliphatic carbocycles. The zero-order valence-electron chi connectivity index (χ0n) is 13.6. The van der Waals surface area contributed by atoms with Crippen LogP contribution in [0.1, 0.15) is 59.1 Å². The highest BCUT2D eigenvalue weighted by Gasteiger charge is 2.32. The molecule has 2 heteroatoms. The van der Waals surface area contributed by atoms with Crippen molar-refractivity contribution in [2.45, 2.75) is 65.8 Å². The molecule has 0 radical (unpaired) electrons. The first kappa shape index (κ1) is 15.6. The monoisotopic (exact) mass is 277 g/mol. The molecule has 114 valence electrons. The second-order valence-electron chi connectivity index (χ2n) is 7.43. The number of nitrogens with one attached hydrogen (secondary N) is 1. The second-order valence-corrected chi connectivity index (χ2v) is 7.43. The molecule has 2 nitrogen and oxygen atoms in total. The molecule has 1 unspecified atom stereocenters. The third-order valence-corrected chi connectivity index (χ3v) is 5.03. The Bertz CT molecular complexity index is 369. The van der Waals surface area contributed by atoms with E-state index in [1.54, 1.807) is 6.26 Å². The van der Waals surface area contributed by atoms with Crippen molar-refractivity contribution < 1.29 is 4.42 Å². The van der Waals surface area contributed by atoms with Crippen molar-refractivity contribution in [3.05, 3.63) is 24.2 Å². The summed E-state index contributed by atoms with van der Waals surface area (Å²) in [4.78, 5) is 0. The fourth-order valence-corrected chi connectivity index (χ4v) is 3.70. The normalized spacial score (nSPS) is 25.6. The van der Waals surface area contributed by atoms with Gasteiger partial charge in [0.05, 0.1) is 6.26 Å². The van der Waals surface area contributed by atoms with E-state index in [9.17, 15) is 0 Å². The average Bonchev–Trinajstić information content (AvgIpc) is 2.90. The number of furan rings is 1. The van der Waals surface area contributed by atoms with Crippen LogP contribution in [0.5, 0.6) is 0 Å². The van der Waals surface area contributed by atoms with E-state index in [1.807, 2.05) is 6.07 Å². The molecule has 1 aromatic heterocycles. The van der Waals surface area contributed by atoms with Gasteiger partial charge in [-0.2, -0.15) is 0 Å². The van der Waals surface area contributed by atoms with Crippen molar-refractivity contribution in [3.8, 4) is 0 Å². The first-order valence-corrected chi connectivity index (χ1v) is 8.26. The third kappa shape index (κ3) is 4.12. The molecule has 1 saturated carbocycles. The van der Waals surface area contributed by atoms with Gasteiger partial charge in [0.15, 0.2) is 0 Å². The van der Waals surface area contributed by atoms with Crippen molar-refractivity contribution in [3.63, 3.8) is 0 Å². The fraction of sp³-hybridized carbons (Fsp3) is 0.778. The molecule has 0 amide bonds. The molecular weight excluding hydrogens is 246 g/mol. The van der Waals surface area contributed by atoms with Crippen molar-refractivity contribution in [1.29, 1.82) is 0 Å². The minimum atomic E-state index is 0.472. The van der Waals surface area contributed by atoms with Crippen LogP contribution in [0.4, 0.5) is 0 Å². The van der Waals surface area contributed by atoms with E-state index in [0.717, 1.165) is 30.6 Å². The number of rotatable bonds is 5. The highest BCUT2D eigenvalue weighted by molar-refractivity contribution is 5.02. The number of hydrogen-bond donors (Lipinski definition) is 1. The van der Waals surface area contributed by atoms with Gasteiger partial charge < -0.3 is 9.73 Å². The molecular formula is C18H31NO. The van der Waals surface area contributed by atoms with Gasteiger partial charge in [0.25, 0.3) is 0 Å². The Morgan fingerprint density at radius 1 is 1.25 bits per heavy atom. The lowest BCUT2D eigenvalue weighted by atomic mass is 9.68. The standard InChI is InChI=1S/C18H31NO/c1-5-19-17(13-16-7-6-12-20-16)14-8-10-15(11-9-14)18(2,3)4/h6-7,12,14-15,17,19H,5,8-11,13H2,1-4H3. The summed E-state index contributed by atoms with van der Waals surface area (Å²) in [5.41, 5.74) is 0.472. The molecule has 1 aromatic rings. The van der Waals surface area contributed by atoms with E-state index >= 15 is 0 Å². The summed E-state index contributed by atoms with van der Waals surface area (Å²) in [5, 5.41) is 3.68. The van der Waals surface area contributed by atoms with Crippen molar-refractivity contribution in [1.82, 2.24) is 5.32 Å². The molecule has 0 aromatic carbocycles. The summed E-state index contributed by atoms with van der Waals surface area (Å²) in [6.45, 7) is 10.4. The van der Waals surface area contributed by atoms with Crippen molar-refractivity contribution in [2.24, 2.45) is 17.3 Å². The predicted octanol–water partition coefficient (Wildman–Crippen LogP) is 4.65. The molecule has 2 rings (SSSR count).